The minimum atomic E-state index is 0.562. The van der Waals surface area contributed by atoms with Gasteiger partial charge in [0.15, 0.2) is 0 Å². The summed E-state index contributed by atoms with van der Waals surface area (Å²) in [5.74, 6) is 0. The lowest BCUT2D eigenvalue weighted by Crippen LogP contribution is -1.91. The molecule has 44 heavy (non-hydrogen) atoms. The summed E-state index contributed by atoms with van der Waals surface area (Å²) in [6.07, 6.45) is 0. The highest BCUT2D eigenvalue weighted by atomic mass is 16.3. The van der Waals surface area contributed by atoms with E-state index in [0.29, 0.717) is 33.4 Å². The predicted molar refractivity (Wildman–Crippen MR) is 171 cm³/mol. The molecule has 0 spiro atoms. The van der Waals surface area contributed by atoms with Crippen molar-refractivity contribution in [2.24, 2.45) is 0 Å². The monoisotopic (exact) mass is 561 g/mol. The van der Waals surface area contributed by atoms with E-state index in [0.717, 1.165) is 60.5 Å². The highest BCUT2D eigenvalue weighted by Crippen LogP contribution is 2.44. The second-order valence-electron chi connectivity index (χ2n) is 10.6. The van der Waals surface area contributed by atoms with Gasteiger partial charge >= 0.3 is 0 Å². The van der Waals surface area contributed by atoms with E-state index in [4.69, 9.17) is 8.83 Å². The topological polar surface area (TPSA) is 97.7 Å². The first-order valence-electron chi connectivity index (χ1n) is 14.0. The van der Waals surface area contributed by atoms with Gasteiger partial charge in [-0.3, -0.25) is 0 Å². The number of hydrogen-bond donors (Lipinski definition) is 0. The quantitative estimate of drug-likeness (QED) is 0.214. The Bertz CT molecular complexity index is 2600. The maximum atomic E-state index is 10.1. The van der Waals surface area contributed by atoms with Gasteiger partial charge in [0.25, 0.3) is 0 Å². The van der Waals surface area contributed by atoms with Crippen molar-refractivity contribution in [2.45, 2.75) is 0 Å². The summed E-state index contributed by atoms with van der Waals surface area (Å²) in [4.78, 5) is 0. The third-order valence-corrected chi connectivity index (χ3v) is 8.21. The van der Waals surface area contributed by atoms with Crippen LogP contribution in [-0.4, -0.2) is 0 Å². The number of para-hydroxylation sites is 2. The maximum absolute atomic E-state index is 10.1. The lowest BCUT2D eigenvalue weighted by Gasteiger charge is -2.15. The lowest BCUT2D eigenvalue weighted by molar-refractivity contribution is 0.669. The SMILES string of the molecule is N#Cc1ccc2oc3c(-c4ccc(-c5cccc6c5oc5ccc(C#N)cc56)c(-c5ccccc5C#N)c4)cccc3c2c1. The minimum absolute atomic E-state index is 0.562. The molecule has 2 aromatic heterocycles. The van der Waals surface area contributed by atoms with E-state index in [9.17, 15) is 15.8 Å². The van der Waals surface area contributed by atoms with Gasteiger partial charge in [-0.15, -0.1) is 0 Å². The van der Waals surface area contributed by atoms with Crippen molar-refractivity contribution in [1.82, 2.24) is 0 Å². The van der Waals surface area contributed by atoms with E-state index in [1.54, 1.807) is 12.1 Å². The molecule has 0 N–H and O–H groups in total. The number of fused-ring (bicyclic) bond motifs is 6. The molecule has 202 valence electrons. The number of furan rings is 2. The Morgan fingerprint density at radius 3 is 1.64 bits per heavy atom. The molecule has 0 aliphatic carbocycles. The Kier molecular flexibility index (Phi) is 5.56. The molecule has 0 amide bonds. The van der Waals surface area contributed by atoms with Crippen LogP contribution in [0.4, 0.5) is 0 Å². The maximum Gasteiger partial charge on any atom is 0.143 e. The van der Waals surface area contributed by atoms with Gasteiger partial charge in [-0.25, -0.2) is 0 Å². The van der Waals surface area contributed by atoms with Crippen molar-refractivity contribution in [3.05, 3.63) is 132 Å². The second kappa shape index (κ2) is 9.74. The van der Waals surface area contributed by atoms with Crippen LogP contribution in [0.15, 0.2) is 124 Å². The number of hydrogen-bond acceptors (Lipinski definition) is 5. The fourth-order valence-corrected chi connectivity index (χ4v) is 6.16. The van der Waals surface area contributed by atoms with Gasteiger partial charge in [-0.1, -0.05) is 66.7 Å². The number of benzene rings is 6. The van der Waals surface area contributed by atoms with E-state index < -0.39 is 0 Å². The van der Waals surface area contributed by atoms with Gasteiger partial charge in [0.2, 0.25) is 0 Å². The summed E-state index contributed by atoms with van der Waals surface area (Å²) >= 11 is 0. The van der Waals surface area contributed by atoms with Crippen LogP contribution in [0.1, 0.15) is 16.7 Å². The molecule has 8 aromatic rings. The molecule has 0 fully saturated rings. The minimum Gasteiger partial charge on any atom is -0.455 e. The van der Waals surface area contributed by atoms with Gasteiger partial charge in [0, 0.05) is 38.2 Å². The van der Waals surface area contributed by atoms with Gasteiger partial charge < -0.3 is 8.83 Å². The van der Waals surface area contributed by atoms with E-state index in [-0.39, 0.29) is 0 Å². The van der Waals surface area contributed by atoms with E-state index >= 15 is 0 Å². The van der Waals surface area contributed by atoms with Crippen molar-refractivity contribution >= 4 is 43.9 Å². The van der Waals surface area contributed by atoms with Crippen molar-refractivity contribution in [1.29, 1.82) is 15.8 Å². The first-order chi connectivity index (χ1) is 21.7. The molecule has 8 rings (SSSR count). The largest absolute Gasteiger partial charge is 0.455 e. The molecule has 0 bridgehead atoms. The van der Waals surface area contributed by atoms with Crippen LogP contribution < -0.4 is 0 Å². The Labute approximate surface area is 251 Å². The van der Waals surface area contributed by atoms with Crippen molar-refractivity contribution < 1.29 is 8.83 Å². The van der Waals surface area contributed by atoms with Gasteiger partial charge in [0.1, 0.15) is 22.3 Å². The van der Waals surface area contributed by atoms with Gasteiger partial charge in [-0.05, 0) is 65.2 Å². The first kappa shape index (κ1) is 25.1. The molecule has 5 heteroatoms. The average molecular weight is 562 g/mol. The second-order valence-corrected chi connectivity index (χ2v) is 10.6. The number of nitriles is 3. The molecule has 0 aliphatic heterocycles. The van der Waals surface area contributed by atoms with Gasteiger partial charge in [0.05, 0.1) is 34.9 Å². The Balaban J connectivity index is 1.40. The highest BCUT2D eigenvalue weighted by Gasteiger charge is 2.20. The molecule has 0 atom stereocenters. The number of rotatable bonds is 3. The summed E-state index contributed by atoms with van der Waals surface area (Å²) in [5.41, 5.74) is 9.91. The fourth-order valence-electron chi connectivity index (χ4n) is 6.16. The summed E-state index contributed by atoms with van der Waals surface area (Å²) in [5, 5.41) is 32.6. The molecule has 0 saturated heterocycles. The Hall–Kier alpha value is -6.61. The highest BCUT2D eigenvalue weighted by molar-refractivity contribution is 6.12. The summed E-state index contributed by atoms with van der Waals surface area (Å²) < 4.78 is 12.8. The molecule has 0 radical (unpaired) electrons. The van der Waals surface area contributed by atoms with Crippen LogP contribution in [0.25, 0.3) is 77.3 Å². The predicted octanol–water partition coefficient (Wildman–Crippen LogP) is 10.1. The normalized spacial score (nSPS) is 11.1. The molecular formula is C39H19N3O2. The summed E-state index contributed by atoms with van der Waals surface area (Å²) in [7, 11) is 0. The molecular weight excluding hydrogens is 542 g/mol. The molecule has 0 saturated carbocycles. The van der Waals surface area contributed by atoms with Crippen LogP contribution in [0, 0.1) is 34.0 Å². The van der Waals surface area contributed by atoms with Crippen LogP contribution in [-0.2, 0) is 0 Å². The number of nitrogens with zero attached hydrogens (tertiary/aromatic N) is 3. The zero-order valence-corrected chi connectivity index (χ0v) is 23.1. The standard InChI is InChI=1S/C39H19N3O2/c40-20-23-11-15-36-34(17-23)31-9-3-7-28(38(31)43-36)25-13-14-29(33(19-25)27-6-2-1-5-26(27)22-42)30-8-4-10-32-35-18-24(21-41)12-16-37(35)44-39(30)32/h1-19H. The molecule has 6 aromatic carbocycles. The molecule has 0 unspecified atom stereocenters. The Morgan fingerprint density at radius 2 is 1.00 bits per heavy atom. The zero-order chi connectivity index (χ0) is 29.8. The smallest absolute Gasteiger partial charge is 0.143 e. The molecule has 0 aliphatic rings. The van der Waals surface area contributed by atoms with Crippen LogP contribution in [0.5, 0.6) is 0 Å². The van der Waals surface area contributed by atoms with Crippen LogP contribution in [0.2, 0.25) is 0 Å². The first-order valence-corrected chi connectivity index (χ1v) is 14.0. The van der Waals surface area contributed by atoms with Crippen molar-refractivity contribution in [3.63, 3.8) is 0 Å². The van der Waals surface area contributed by atoms with Crippen molar-refractivity contribution in [2.75, 3.05) is 0 Å². The fraction of sp³-hybridized carbons (Fsp3) is 0. The van der Waals surface area contributed by atoms with E-state index in [2.05, 4.69) is 36.4 Å². The third kappa shape index (κ3) is 3.77. The van der Waals surface area contributed by atoms with Crippen molar-refractivity contribution in [3.8, 4) is 51.6 Å². The zero-order valence-electron chi connectivity index (χ0n) is 23.1. The Morgan fingerprint density at radius 1 is 0.409 bits per heavy atom. The van der Waals surface area contributed by atoms with Crippen LogP contribution in [0.3, 0.4) is 0 Å². The average Bonchev–Trinajstić information content (AvgIpc) is 3.65. The van der Waals surface area contributed by atoms with Crippen LogP contribution >= 0.6 is 0 Å². The molecule has 5 nitrogen and oxygen atoms in total. The summed E-state index contributed by atoms with van der Waals surface area (Å²) in [6.45, 7) is 0. The third-order valence-electron chi connectivity index (χ3n) is 8.21. The van der Waals surface area contributed by atoms with Gasteiger partial charge in [-0.2, -0.15) is 15.8 Å². The van der Waals surface area contributed by atoms with E-state index in [1.165, 1.54) is 0 Å². The summed E-state index contributed by atoms with van der Waals surface area (Å²) in [6, 6.07) is 43.5. The lowest BCUT2D eigenvalue weighted by atomic mass is 9.88. The van der Waals surface area contributed by atoms with E-state index in [1.807, 2.05) is 84.9 Å². The molecule has 2 heterocycles.